The Labute approximate surface area is 102 Å². The van der Waals surface area contributed by atoms with E-state index in [1.54, 1.807) is 18.2 Å². The number of nitrogens with zero attached hydrogens (tertiary/aromatic N) is 1. The Morgan fingerprint density at radius 2 is 2.12 bits per heavy atom. The summed E-state index contributed by atoms with van der Waals surface area (Å²) < 4.78 is 13.4. The largest absolute Gasteiger partial charge is 0.318 e. The Bertz CT molecular complexity index is 545. The third kappa shape index (κ3) is 2.79. The van der Waals surface area contributed by atoms with Crippen molar-refractivity contribution in [2.24, 2.45) is 0 Å². The Kier molecular flexibility index (Phi) is 3.35. The summed E-state index contributed by atoms with van der Waals surface area (Å²) in [6.07, 6.45) is 1.49. The van der Waals surface area contributed by atoms with Crippen LogP contribution >= 0.6 is 11.6 Å². The van der Waals surface area contributed by atoms with E-state index < -0.39 is 11.7 Å². The van der Waals surface area contributed by atoms with Crippen LogP contribution in [0, 0.1) is 5.82 Å². The second-order valence-corrected chi connectivity index (χ2v) is 3.73. The zero-order valence-electron chi connectivity index (χ0n) is 8.65. The minimum atomic E-state index is -0.582. The van der Waals surface area contributed by atoms with Crippen LogP contribution in [0.3, 0.4) is 0 Å². The van der Waals surface area contributed by atoms with Gasteiger partial charge >= 0.3 is 0 Å². The molecule has 0 saturated heterocycles. The molecule has 0 aliphatic rings. The lowest BCUT2D eigenvalue weighted by molar-refractivity contribution is 0.102. The Morgan fingerprint density at radius 3 is 2.76 bits per heavy atom. The van der Waals surface area contributed by atoms with Crippen molar-refractivity contribution in [3.05, 3.63) is 59.1 Å². The number of anilines is 1. The van der Waals surface area contributed by atoms with Gasteiger partial charge in [-0.1, -0.05) is 17.7 Å². The number of pyridine rings is 1. The quantitative estimate of drug-likeness (QED) is 0.890. The zero-order valence-corrected chi connectivity index (χ0v) is 9.41. The molecule has 0 aliphatic heterocycles. The van der Waals surface area contributed by atoms with E-state index in [4.69, 9.17) is 11.6 Å². The van der Waals surface area contributed by atoms with E-state index in [0.717, 1.165) is 6.07 Å². The molecule has 1 N–H and O–H groups in total. The molecule has 0 aliphatic carbocycles. The number of benzene rings is 1. The van der Waals surface area contributed by atoms with E-state index in [2.05, 4.69) is 10.3 Å². The van der Waals surface area contributed by atoms with E-state index in [-0.39, 0.29) is 16.4 Å². The lowest BCUT2D eigenvalue weighted by atomic mass is 10.3. The molecule has 17 heavy (non-hydrogen) atoms. The highest BCUT2D eigenvalue weighted by molar-refractivity contribution is 6.30. The SMILES string of the molecule is O=C(Nc1ccc(Cl)cc1F)c1ccccn1. The van der Waals surface area contributed by atoms with Gasteiger partial charge in [0.1, 0.15) is 11.5 Å². The lowest BCUT2D eigenvalue weighted by Crippen LogP contribution is -2.14. The molecule has 1 heterocycles. The molecule has 0 saturated carbocycles. The highest BCUT2D eigenvalue weighted by Crippen LogP contribution is 2.19. The number of halogens is 2. The second-order valence-electron chi connectivity index (χ2n) is 3.29. The van der Waals surface area contributed by atoms with E-state index in [1.165, 1.54) is 18.3 Å². The minimum absolute atomic E-state index is 0.0741. The number of carbonyl (C=O) groups excluding carboxylic acids is 1. The maximum Gasteiger partial charge on any atom is 0.274 e. The minimum Gasteiger partial charge on any atom is -0.318 e. The second kappa shape index (κ2) is 4.93. The average molecular weight is 251 g/mol. The third-order valence-corrected chi connectivity index (χ3v) is 2.31. The van der Waals surface area contributed by atoms with Gasteiger partial charge in [0.2, 0.25) is 0 Å². The highest BCUT2D eigenvalue weighted by atomic mass is 35.5. The van der Waals surface area contributed by atoms with Crippen LogP contribution in [0.2, 0.25) is 5.02 Å². The normalized spacial score (nSPS) is 10.0. The molecule has 86 valence electrons. The van der Waals surface area contributed by atoms with Gasteiger partial charge in [0.05, 0.1) is 5.69 Å². The first-order valence-electron chi connectivity index (χ1n) is 4.84. The first-order valence-corrected chi connectivity index (χ1v) is 5.22. The van der Waals surface area contributed by atoms with Crippen molar-refractivity contribution in [3.8, 4) is 0 Å². The molecule has 0 fully saturated rings. The predicted octanol–water partition coefficient (Wildman–Crippen LogP) is 3.13. The molecular weight excluding hydrogens is 243 g/mol. The third-order valence-electron chi connectivity index (χ3n) is 2.08. The number of aromatic nitrogens is 1. The van der Waals surface area contributed by atoms with Gasteiger partial charge in [-0.25, -0.2) is 4.39 Å². The molecule has 2 aromatic rings. The Morgan fingerprint density at radius 1 is 1.29 bits per heavy atom. The highest BCUT2D eigenvalue weighted by Gasteiger charge is 2.09. The van der Waals surface area contributed by atoms with Crippen LogP contribution in [0.1, 0.15) is 10.5 Å². The monoisotopic (exact) mass is 250 g/mol. The van der Waals surface area contributed by atoms with Crippen LogP contribution in [0.5, 0.6) is 0 Å². The Balaban J connectivity index is 2.19. The van der Waals surface area contributed by atoms with Crippen molar-refractivity contribution in [2.45, 2.75) is 0 Å². The molecule has 3 nitrogen and oxygen atoms in total. The number of carbonyl (C=O) groups is 1. The van der Waals surface area contributed by atoms with Gasteiger partial charge in [-0.05, 0) is 30.3 Å². The zero-order chi connectivity index (χ0) is 12.3. The van der Waals surface area contributed by atoms with Gasteiger partial charge in [-0.15, -0.1) is 0 Å². The molecule has 5 heteroatoms. The Hall–Kier alpha value is -1.94. The maximum atomic E-state index is 13.4. The van der Waals surface area contributed by atoms with Crippen LogP contribution in [-0.4, -0.2) is 10.9 Å². The van der Waals surface area contributed by atoms with E-state index in [1.807, 2.05) is 0 Å². The molecule has 2 rings (SSSR count). The van der Waals surface area contributed by atoms with Crippen LogP contribution < -0.4 is 5.32 Å². The van der Waals surface area contributed by atoms with Crippen molar-refractivity contribution in [1.82, 2.24) is 4.98 Å². The fourth-order valence-electron chi connectivity index (χ4n) is 1.27. The number of rotatable bonds is 2. The van der Waals surface area contributed by atoms with Crippen LogP contribution in [0.15, 0.2) is 42.6 Å². The summed E-state index contributed by atoms with van der Waals surface area (Å²) in [5, 5.41) is 2.69. The summed E-state index contributed by atoms with van der Waals surface area (Å²) in [7, 11) is 0. The van der Waals surface area contributed by atoms with Crippen LogP contribution in [0.25, 0.3) is 0 Å². The fraction of sp³-hybridized carbons (Fsp3) is 0. The van der Waals surface area contributed by atoms with Crippen molar-refractivity contribution in [2.75, 3.05) is 5.32 Å². The molecular formula is C12H8ClFN2O. The lowest BCUT2D eigenvalue weighted by Gasteiger charge is -2.05. The molecule has 0 unspecified atom stereocenters. The summed E-state index contributed by atoms with van der Waals surface area (Å²) in [4.78, 5) is 15.5. The number of nitrogens with one attached hydrogen (secondary N) is 1. The van der Waals surface area contributed by atoms with Crippen molar-refractivity contribution in [3.63, 3.8) is 0 Å². The van der Waals surface area contributed by atoms with Gasteiger partial charge in [0.15, 0.2) is 0 Å². The van der Waals surface area contributed by atoms with Gasteiger partial charge in [-0.3, -0.25) is 9.78 Å². The number of amides is 1. The summed E-state index contributed by atoms with van der Waals surface area (Å²) in [5.41, 5.74) is 0.298. The standard InChI is InChI=1S/C12H8ClFN2O/c13-8-4-5-10(9(14)7-8)16-12(17)11-3-1-2-6-15-11/h1-7H,(H,16,17). The number of hydrogen-bond donors (Lipinski definition) is 1. The molecule has 0 atom stereocenters. The summed E-state index contributed by atoms with van der Waals surface area (Å²) in [6.45, 7) is 0. The molecule has 1 amide bonds. The van der Waals surface area contributed by atoms with E-state index >= 15 is 0 Å². The van der Waals surface area contributed by atoms with Gasteiger partial charge < -0.3 is 5.32 Å². The fourth-order valence-corrected chi connectivity index (χ4v) is 1.43. The maximum absolute atomic E-state index is 13.4. The van der Waals surface area contributed by atoms with Gasteiger partial charge in [0.25, 0.3) is 5.91 Å². The van der Waals surface area contributed by atoms with Gasteiger partial charge in [0, 0.05) is 11.2 Å². The summed E-state index contributed by atoms with van der Waals surface area (Å²) in [5.74, 6) is -1.05. The van der Waals surface area contributed by atoms with E-state index in [9.17, 15) is 9.18 Å². The van der Waals surface area contributed by atoms with Crippen molar-refractivity contribution >= 4 is 23.2 Å². The first-order chi connectivity index (χ1) is 8.16. The molecule has 1 aromatic heterocycles. The van der Waals surface area contributed by atoms with E-state index in [0.29, 0.717) is 0 Å². The topological polar surface area (TPSA) is 42.0 Å². The molecule has 0 radical (unpaired) electrons. The average Bonchev–Trinajstić information content (AvgIpc) is 2.34. The molecule has 1 aromatic carbocycles. The number of hydrogen-bond acceptors (Lipinski definition) is 2. The van der Waals surface area contributed by atoms with Crippen LogP contribution in [-0.2, 0) is 0 Å². The molecule has 0 bridgehead atoms. The first kappa shape index (κ1) is 11.5. The van der Waals surface area contributed by atoms with Gasteiger partial charge in [-0.2, -0.15) is 0 Å². The summed E-state index contributed by atoms with van der Waals surface area (Å²) in [6, 6.07) is 8.95. The van der Waals surface area contributed by atoms with Crippen molar-refractivity contribution < 1.29 is 9.18 Å². The smallest absolute Gasteiger partial charge is 0.274 e. The molecule has 0 spiro atoms. The predicted molar refractivity (Wildman–Crippen MR) is 63.6 cm³/mol. The van der Waals surface area contributed by atoms with Crippen LogP contribution in [0.4, 0.5) is 10.1 Å². The van der Waals surface area contributed by atoms with Crippen molar-refractivity contribution in [1.29, 1.82) is 0 Å². The summed E-state index contributed by atoms with van der Waals surface area (Å²) >= 11 is 5.61.